The zero-order valence-corrected chi connectivity index (χ0v) is 16.4. The highest BCUT2D eigenvalue weighted by Crippen LogP contribution is 2.61. The Kier molecular flexibility index (Phi) is 6.76. The predicted octanol–water partition coefficient (Wildman–Crippen LogP) is 2.52. The van der Waals surface area contributed by atoms with E-state index in [9.17, 15) is 18.5 Å². The van der Waals surface area contributed by atoms with E-state index in [1.165, 1.54) is 0 Å². The fourth-order valence-corrected chi connectivity index (χ4v) is 4.20. The first kappa shape index (κ1) is 21.5. The fraction of sp³-hybridized carbons (Fsp3) is 0.412. The van der Waals surface area contributed by atoms with Gasteiger partial charge in [-0.25, -0.2) is 9.18 Å². The van der Waals surface area contributed by atoms with Crippen LogP contribution in [0.5, 0.6) is 5.75 Å². The lowest BCUT2D eigenvalue weighted by Gasteiger charge is -2.22. The molecule has 0 aliphatic carbocycles. The summed E-state index contributed by atoms with van der Waals surface area (Å²) in [6, 6.07) is 7.19. The van der Waals surface area contributed by atoms with E-state index in [0.717, 1.165) is 16.3 Å². The molecule has 3 heterocycles. The van der Waals surface area contributed by atoms with E-state index in [-0.39, 0.29) is 13.2 Å². The summed E-state index contributed by atoms with van der Waals surface area (Å²) >= 11 is 0. The second kappa shape index (κ2) is 9.10. The van der Waals surface area contributed by atoms with Crippen molar-refractivity contribution in [3.8, 4) is 5.75 Å². The third-order valence-corrected chi connectivity index (χ3v) is 5.68. The van der Waals surface area contributed by atoms with Gasteiger partial charge in [-0.3, -0.25) is 13.5 Å². The summed E-state index contributed by atoms with van der Waals surface area (Å²) in [5, 5.41) is 0. The SMILES string of the molecule is CF.Nc1nc(=O)n(C2CCC(CO[P+]3(O)OCc4ccccc4O3)O2)cc1F. The number of alkyl halides is 1. The summed E-state index contributed by atoms with van der Waals surface area (Å²) in [5.74, 6) is -0.728. The maximum atomic E-state index is 13.6. The normalized spacial score (nSPS) is 25.5. The number of hydrogen-bond acceptors (Lipinski definition) is 8. The number of aromatic nitrogens is 2. The van der Waals surface area contributed by atoms with E-state index in [0.29, 0.717) is 25.8 Å². The number of para-hydroxylation sites is 1. The first-order valence-corrected chi connectivity index (χ1v) is 10.2. The molecular weight excluding hydrogens is 411 g/mol. The molecule has 1 fully saturated rings. The van der Waals surface area contributed by atoms with Gasteiger partial charge in [-0.15, -0.1) is 9.05 Å². The summed E-state index contributed by atoms with van der Waals surface area (Å²) in [6.45, 7) is 0.183. The fourth-order valence-electron chi connectivity index (χ4n) is 2.93. The molecule has 3 N–H and O–H groups in total. The quantitative estimate of drug-likeness (QED) is 0.708. The number of nitrogens with two attached hydrogens (primary N) is 1. The average molecular weight is 432 g/mol. The van der Waals surface area contributed by atoms with Crippen LogP contribution in [-0.4, -0.2) is 34.3 Å². The second-order valence-corrected chi connectivity index (χ2v) is 7.83. The number of fused-ring (bicyclic) bond motifs is 1. The number of hydrogen-bond donors (Lipinski definition) is 2. The van der Waals surface area contributed by atoms with Crippen molar-refractivity contribution in [3.63, 3.8) is 0 Å². The smallest absolute Gasteiger partial charge is 0.381 e. The molecule has 2 aliphatic heterocycles. The van der Waals surface area contributed by atoms with Crippen LogP contribution in [0.1, 0.15) is 24.6 Å². The number of halogens is 2. The topological polar surface area (TPSA) is 118 Å². The summed E-state index contributed by atoms with van der Waals surface area (Å²) in [7, 11) is -3.00. The van der Waals surface area contributed by atoms with Gasteiger partial charge >= 0.3 is 13.9 Å². The van der Waals surface area contributed by atoms with Crippen molar-refractivity contribution < 1.29 is 32.0 Å². The first-order valence-electron chi connectivity index (χ1n) is 8.69. The molecule has 12 heteroatoms. The van der Waals surface area contributed by atoms with Crippen LogP contribution in [0, 0.1) is 5.82 Å². The molecule has 2 aliphatic rings. The summed E-state index contributed by atoms with van der Waals surface area (Å²) in [5.41, 5.74) is 5.41. The summed E-state index contributed by atoms with van der Waals surface area (Å²) in [4.78, 5) is 25.7. The Morgan fingerprint density at radius 1 is 1.38 bits per heavy atom. The van der Waals surface area contributed by atoms with Gasteiger partial charge < -0.3 is 10.5 Å². The van der Waals surface area contributed by atoms with Gasteiger partial charge in [0.15, 0.2) is 17.4 Å². The number of nitrogen functional groups attached to an aromatic ring is 1. The highest BCUT2D eigenvalue weighted by Gasteiger charge is 2.51. The van der Waals surface area contributed by atoms with Gasteiger partial charge in [-0.1, -0.05) is 18.2 Å². The molecule has 0 radical (unpaired) electrons. The third-order valence-electron chi connectivity index (χ3n) is 4.32. The Bertz CT molecular complexity index is 917. The minimum atomic E-state index is -3.50. The third kappa shape index (κ3) is 4.88. The van der Waals surface area contributed by atoms with Gasteiger partial charge in [0, 0.05) is 5.56 Å². The molecule has 1 saturated heterocycles. The second-order valence-electron chi connectivity index (χ2n) is 6.19. The lowest BCUT2D eigenvalue weighted by Crippen LogP contribution is -2.29. The Hall–Kier alpha value is -2.17. The number of rotatable bonds is 4. The maximum Gasteiger partial charge on any atom is 0.619 e. The molecule has 29 heavy (non-hydrogen) atoms. The molecule has 3 atom stereocenters. The van der Waals surface area contributed by atoms with Crippen LogP contribution in [0.25, 0.3) is 0 Å². The highest BCUT2D eigenvalue weighted by atomic mass is 31.2. The van der Waals surface area contributed by atoms with E-state index >= 15 is 0 Å². The van der Waals surface area contributed by atoms with Gasteiger partial charge in [0.05, 0.1) is 19.5 Å². The van der Waals surface area contributed by atoms with E-state index < -0.39 is 37.8 Å². The van der Waals surface area contributed by atoms with Crippen molar-refractivity contribution in [2.24, 2.45) is 0 Å². The lowest BCUT2D eigenvalue weighted by molar-refractivity contribution is -0.0304. The van der Waals surface area contributed by atoms with Crippen LogP contribution < -0.4 is 15.9 Å². The Morgan fingerprint density at radius 3 is 2.93 bits per heavy atom. The molecule has 0 spiro atoms. The standard InChI is InChI=1S/C16H17FN3O6P.CH3F/c17-12-7-20(16(21)19-15(12)18)14-6-5-11(25-14)9-24-27(22)23-8-10-3-1-2-4-13(10)26-27;1-2/h1-4,7,11,14,22H,5-6,8-9H2,(H-,18,19,21);1H3/p+1. The maximum absolute atomic E-state index is 13.6. The van der Waals surface area contributed by atoms with Gasteiger partial charge in [-0.2, -0.15) is 9.88 Å². The number of benzene rings is 1. The van der Waals surface area contributed by atoms with Crippen LogP contribution >= 0.6 is 8.17 Å². The molecule has 0 amide bonds. The van der Waals surface area contributed by atoms with Gasteiger partial charge in [0.25, 0.3) is 0 Å². The van der Waals surface area contributed by atoms with Crippen molar-refractivity contribution in [1.82, 2.24) is 9.55 Å². The first-order chi connectivity index (χ1) is 13.9. The van der Waals surface area contributed by atoms with Crippen molar-refractivity contribution in [2.75, 3.05) is 19.5 Å². The molecule has 2 aromatic rings. The minimum Gasteiger partial charge on any atom is -0.381 e. The number of nitrogens with zero attached hydrogens (tertiary/aromatic N) is 2. The molecule has 1 aromatic carbocycles. The summed E-state index contributed by atoms with van der Waals surface area (Å²) in [6.07, 6.45) is 0.871. The highest BCUT2D eigenvalue weighted by molar-refractivity contribution is 7.55. The number of ether oxygens (including phenoxy) is 1. The van der Waals surface area contributed by atoms with Crippen LogP contribution in [0.2, 0.25) is 0 Å². The minimum absolute atomic E-state index is 0.00256. The Labute approximate surface area is 165 Å². The van der Waals surface area contributed by atoms with E-state index in [2.05, 4.69) is 4.98 Å². The largest absolute Gasteiger partial charge is 0.619 e. The monoisotopic (exact) mass is 432 g/mol. The van der Waals surface area contributed by atoms with Gasteiger partial charge in [0.1, 0.15) is 19.4 Å². The molecule has 4 rings (SSSR count). The van der Waals surface area contributed by atoms with Crippen LogP contribution in [0.3, 0.4) is 0 Å². The number of anilines is 1. The molecule has 1 aromatic heterocycles. The zero-order valence-electron chi connectivity index (χ0n) is 15.5. The molecule has 3 unspecified atom stereocenters. The van der Waals surface area contributed by atoms with Crippen LogP contribution in [0.4, 0.5) is 14.6 Å². The van der Waals surface area contributed by atoms with Gasteiger partial charge in [-0.05, 0) is 18.9 Å². The molecule has 9 nitrogen and oxygen atoms in total. The van der Waals surface area contributed by atoms with Crippen molar-refractivity contribution in [2.45, 2.75) is 31.8 Å². The Morgan fingerprint density at radius 2 is 2.14 bits per heavy atom. The van der Waals surface area contributed by atoms with Crippen molar-refractivity contribution in [1.29, 1.82) is 0 Å². The van der Waals surface area contributed by atoms with Crippen molar-refractivity contribution in [3.05, 3.63) is 52.3 Å². The molecule has 0 saturated carbocycles. The Balaban J connectivity index is 0.00000117. The molecule has 0 bridgehead atoms. The van der Waals surface area contributed by atoms with E-state index in [1.54, 1.807) is 12.1 Å². The average Bonchev–Trinajstić information content (AvgIpc) is 3.19. The predicted molar refractivity (Wildman–Crippen MR) is 100.0 cm³/mol. The van der Waals surface area contributed by atoms with E-state index in [1.807, 2.05) is 12.1 Å². The summed E-state index contributed by atoms with van der Waals surface area (Å²) < 4.78 is 46.1. The zero-order chi connectivity index (χ0) is 21.0. The molecule has 158 valence electrons. The van der Waals surface area contributed by atoms with Crippen LogP contribution in [0.15, 0.2) is 35.3 Å². The lowest BCUT2D eigenvalue weighted by atomic mass is 10.2. The molecular formula is C17H21F2N3O6P+. The van der Waals surface area contributed by atoms with Crippen LogP contribution in [-0.2, 0) is 20.4 Å². The van der Waals surface area contributed by atoms with Gasteiger partial charge in [0.2, 0.25) is 0 Å². The van der Waals surface area contributed by atoms with E-state index in [4.69, 9.17) is 24.0 Å². The van der Waals surface area contributed by atoms with Crippen molar-refractivity contribution >= 4 is 14.0 Å².